The highest BCUT2D eigenvalue weighted by atomic mass is 19.4. The molecule has 0 fully saturated rings. The summed E-state index contributed by atoms with van der Waals surface area (Å²) < 4.78 is 40.2. The van der Waals surface area contributed by atoms with Crippen molar-refractivity contribution in [2.24, 2.45) is 0 Å². The maximum absolute atomic E-state index is 13.0. The van der Waals surface area contributed by atoms with Crippen LogP contribution in [-0.4, -0.2) is 9.55 Å². The predicted octanol–water partition coefficient (Wildman–Crippen LogP) is 4.64. The van der Waals surface area contributed by atoms with E-state index in [-0.39, 0.29) is 0 Å². The van der Waals surface area contributed by atoms with E-state index in [0.29, 0.717) is 17.6 Å². The fraction of sp³-hybridized carbons (Fsp3) is 0.500. The zero-order valence-corrected chi connectivity index (χ0v) is 10.9. The lowest BCUT2D eigenvalue weighted by molar-refractivity contribution is -0.147. The van der Waals surface area contributed by atoms with E-state index in [0.717, 1.165) is 25.7 Å². The maximum Gasteiger partial charge on any atom is 0.449 e. The molecule has 19 heavy (non-hydrogen) atoms. The van der Waals surface area contributed by atoms with Crippen molar-refractivity contribution in [1.29, 1.82) is 0 Å². The Labute approximate surface area is 110 Å². The standard InChI is InChI=1S/C14H17F3N2/c1-2-3-4-7-10-19-12-9-6-5-8-11(12)18-13(19)14(15,16)17/h5-6,8-9H,2-4,7,10H2,1H3. The predicted molar refractivity (Wildman–Crippen MR) is 68.9 cm³/mol. The van der Waals surface area contributed by atoms with E-state index in [4.69, 9.17) is 0 Å². The van der Waals surface area contributed by atoms with E-state index < -0.39 is 12.0 Å². The fourth-order valence-corrected chi connectivity index (χ4v) is 2.21. The minimum absolute atomic E-state index is 0.370. The van der Waals surface area contributed by atoms with Gasteiger partial charge in [-0.1, -0.05) is 38.3 Å². The summed E-state index contributed by atoms with van der Waals surface area (Å²) in [5.41, 5.74) is 0.969. The van der Waals surface area contributed by atoms with E-state index in [2.05, 4.69) is 11.9 Å². The summed E-state index contributed by atoms with van der Waals surface area (Å²) in [5, 5.41) is 0. The van der Waals surface area contributed by atoms with Gasteiger partial charge >= 0.3 is 6.18 Å². The highest BCUT2D eigenvalue weighted by Gasteiger charge is 2.37. The maximum atomic E-state index is 13.0. The summed E-state index contributed by atoms with van der Waals surface area (Å²) in [6, 6.07) is 6.76. The number of hydrogen-bond acceptors (Lipinski definition) is 1. The van der Waals surface area contributed by atoms with Crippen LogP contribution in [0, 0.1) is 0 Å². The number of unbranched alkanes of at least 4 members (excludes halogenated alkanes) is 3. The molecule has 0 aliphatic heterocycles. The van der Waals surface area contributed by atoms with Crippen LogP contribution in [0.15, 0.2) is 24.3 Å². The normalized spacial score (nSPS) is 12.2. The fourth-order valence-electron chi connectivity index (χ4n) is 2.21. The molecule has 0 bridgehead atoms. The molecule has 5 heteroatoms. The van der Waals surface area contributed by atoms with E-state index >= 15 is 0 Å². The van der Waals surface area contributed by atoms with Crippen LogP contribution in [0.3, 0.4) is 0 Å². The molecule has 2 rings (SSSR count). The van der Waals surface area contributed by atoms with Crippen molar-refractivity contribution in [3.63, 3.8) is 0 Å². The van der Waals surface area contributed by atoms with Gasteiger partial charge in [0.2, 0.25) is 5.82 Å². The molecule has 104 valence electrons. The first-order valence-electron chi connectivity index (χ1n) is 6.56. The van der Waals surface area contributed by atoms with Gasteiger partial charge in [-0.15, -0.1) is 0 Å². The monoisotopic (exact) mass is 270 g/mol. The third-order valence-electron chi connectivity index (χ3n) is 3.14. The molecule has 2 aromatic rings. The Kier molecular flexibility index (Phi) is 4.12. The van der Waals surface area contributed by atoms with Crippen molar-refractivity contribution in [3.8, 4) is 0 Å². The molecule has 0 saturated carbocycles. The number of halogens is 3. The lowest BCUT2D eigenvalue weighted by Gasteiger charge is -2.11. The Morgan fingerprint density at radius 3 is 2.53 bits per heavy atom. The van der Waals surface area contributed by atoms with Crippen molar-refractivity contribution in [1.82, 2.24) is 9.55 Å². The van der Waals surface area contributed by atoms with Crippen LogP contribution in [0.2, 0.25) is 0 Å². The van der Waals surface area contributed by atoms with Crippen LogP contribution < -0.4 is 0 Å². The number of imidazole rings is 1. The lowest BCUT2D eigenvalue weighted by Crippen LogP contribution is -2.15. The van der Waals surface area contributed by atoms with E-state index in [1.54, 1.807) is 24.3 Å². The summed E-state index contributed by atoms with van der Waals surface area (Å²) in [4.78, 5) is 3.72. The van der Waals surface area contributed by atoms with E-state index in [1.165, 1.54) is 4.57 Å². The molecule has 0 aliphatic carbocycles. The quantitative estimate of drug-likeness (QED) is 0.724. The molecule has 1 aromatic heterocycles. The zero-order valence-electron chi connectivity index (χ0n) is 10.9. The number of para-hydroxylation sites is 2. The number of aromatic nitrogens is 2. The first-order valence-corrected chi connectivity index (χ1v) is 6.56. The SMILES string of the molecule is CCCCCCn1c(C(F)(F)F)nc2ccccc21. The second kappa shape index (κ2) is 5.63. The van der Waals surface area contributed by atoms with E-state index in [9.17, 15) is 13.2 Å². The molecule has 0 N–H and O–H groups in total. The second-order valence-electron chi connectivity index (χ2n) is 4.63. The molecular weight excluding hydrogens is 253 g/mol. The summed E-state index contributed by atoms with van der Waals surface area (Å²) in [6.07, 6.45) is -0.591. The van der Waals surface area contributed by atoms with Crippen molar-refractivity contribution in [2.45, 2.75) is 45.3 Å². The van der Waals surface area contributed by atoms with Gasteiger partial charge in [0.25, 0.3) is 0 Å². The summed E-state index contributed by atoms with van der Waals surface area (Å²) >= 11 is 0. The van der Waals surface area contributed by atoms with Crippen LogP contribution >= 0.6 is 0 Å². The van der Waals surface area contributed by atoms with Gasteiger partial charge < -0.3 is 4.57 Å². The Balaban J connectivity index is 2.32. The van der Waals surface area contributed by atoms with Crippen LogP contribution in [-0.2, 0) is 12.7 Å². The van der Waals surface area contributed by atoms with Crippen LogP contribution in [0.4, 0.5) is 13.2 Å². The number of alkyl halides is 3. The van der Waals surface area contributed by atoms with Crippen molar-refractivity contribution >= 4 is 11.0 Å². The van der Waals surface area contributed by atoms with Crippen LogP contribution in [0.1, 0.15) is 38.4 Å². The Morgan fingerprint density at radius 1 is 1.11 bits per heavy atom. The molecule has 0 radical (unpaired) electrons. The van der Waals surface area contributed by atoms with Crippen LogP contribution in [0.5, 0.6) is 0 Å². The largest absolute Gasteiger partial charge is 0.449 e. The smallest absolute Gasteiger partial charge is 0.320 e. The molecule has 0 amide bonds. The Morgan fingerprint density at radius 2 is 1.84 bits per heavy atom. The highest BCUT2D eigenvalue weighted by molar-refractivity contribution is 5.76. The number of nitrogens with zero attached hydrogens (tertiary/aromatic N) is 2. The third kappa shape index (κ3) is 3.08. The lowest BCUT2D eigenvalue weighted by atomic mass is 10.2. The second-order valence-corrected chi connectivity index (χ2v) is 4.63. The average molecular weight is 270 g/mol. The molecule has 2 nitrogen and oxygen atoms in total. The van der Waals surface area contributed by atoms with Gasteiger partial charge in [0, 0.05) is 6.54 Å². The van der Waals surface area contributed by atoms with Crippen molar-refractivity contribution < 1.29 is 13.2 Å². The number of aryl methyl sites for hydroxylation is 1. The summed E-state index contributed by atoms with van der Waals surface area (Å²) in [7, 11) is 0. The van der Waals surface area contributed by atoms with Gasteiger partial charge in [-0.2, -0.15) is 13.2 Å². The first-order chi connectivity index (χ1) is 9.04. The van der Waals surface area contributed by atoms with Crippen molar-refractivity contribution in [2.75, 3.05) is 0 Å². The number of rotatable bonds is 5. The minimum atomic E-state index is -4.40. The van der Waals surface area contributed by atoms with Crippen molar-refractivity contribution in [3.05, 3.63) is 30.1 Å². The first kappa shape index (κ1) is 13.9. The van der Waals surface area contributed by atoms with Crippen LogP contribution in [0.25, 0.3) is 11.0 Å². The molecule has 0 unspecified atom stereocenters. The highest BCUT2D eigenvalue weighted by Crippen LogP contribution is 2.31. The summed E-state index contributed by atoms with van der Waals surface area (Å²) in [6.45, 7) is 2.45. The van der Waals surface area contributed by atoms with Gasteiger partial charge in [0.1, 0.15) is 0 Å². The van der Waals surface area contributed by atoms with E-state index in [1.807, 2.05) is 0 Å². The summed E-state index contributed by atoms with van der Waals surface area (Å²) in [5.74, 6) is -0.787. The Bertz CT molecular complexity index is 543. The van der Waals surface area contributed by atoms with Gasteiger partial charge in [-0.3, -0.25) is 0 Å². The van der Waals surface area contributed by atoms with Gasteiger partial charge in [-0.25, -0.2) is 4.98 Å². The molecule has 1 heterocycles. The number of fused-ring (bicyclic) bond motifs is 1. The molecular formula is C14H17F3N2. The van der Waals surface area contributed by atoms with Gasteiger partial charge in [0.15, 0.2) is 0 Å². The zero-order chi connectivity index (χ0) is 13.9. The molecule has 0 aliphatic rings. The molecule has 1 aromatic carbocycles. The number of benzene rings is 1. The minimum Gasteiger partial charge on any atom is -0.320 e. The molecule has 0 saturated heterocycles. The topological polar surface area (TPSA) is 17.8 Å². The average Bonchev–Trinajstić information content (AvgIpc) is 2.74. The van der Waals surface area contributed by atoms with Gasteiger partial charge in [-0.05, 0) is 18.6 Å². The third-order valence-corrected chi connectivity index (χ3v) is 3.14. The van der Waals surface area contributed by atoms with Gasteiger partial charge in [0.05, 0.1) is 11.0 Å². The Hall–Kier alpha value is -1.52. The molecule has 0 spiro atoms. The number of hydrogen-bond donors (Lipinski definition) is 0. The molecule has 0 atom stereocenters.